The van der Waals surface area contributed by atoms with Crippen LogP contribution in [0, 0.1) is 0 Å². The highest BCUT2D eigenvalue weighted by Gasteiger charge is 2.37. The van der Waals surface area contributed by atoms with Gasteiger partial charge in [0.2, 0.25) is 5.91 Å². The fraction of sp³-hybridized carbons (Fsp3) is 0.889. The molecule has 13 heavy (non-hydrogen) atoms. The summed E-state index contributed by atoms with van der Waals surface area (Å²) in [6, 6.07) is 1.24. The molecule has 0 saturated carbocycles. The van der Waals surface area contributed by atoms with Gasteiger partial charge in [-0.1, -0.05) is 0 Å². The summed E-state index contributed by atoms with van der Waals surface area (Å²) in [6.07, 6.45) is 1.22. The van der Waals surface area contributed by atoms with E-state index in [1.54, 1.807) is 0 Å². The molecule has 2 aliphatic heterocycles. The van der Waals surface area contributed by atoms with Crippen LogP contribution in [0.25, 0.3) is 0 Å². The van der Waals surface area contributed by atoms with Gasteiger partial charge < -0.3 is 10.6 Å². The average Bonchev–Trinajstić information content (AvgIpc) is 2.65. The minimum atomic E-state index is 0.162. The molecule has 2 N–H and O–H groups in total. The minimum absolute atomic E-state index is 0.162. The van der Waals surface area contributed by atoms with Crippen molar-refractivity contribution in [2.75, 3.05) is 26.2 Å². The molecular weight excluding hydrogens is 166 g/mol. The maximum Gasteiger partial charge on any atom is 0.234 e. The zero-order chi connectivity index (χ0) is 9.26. The molecule has 2 rings (SSSR count). The third-order valence-electron chi connectivity index (χ3n) is 2.89. The quantitative estimate of drug-likeness (QED) is 0.600. The van der Waals surface area contributed by atoms with Crippen molar-refractivity contribution in [3.05, 3.63) is 0 Å². The second kappa shape index (κ2) is 3.64. The van der Waals surface area contributed by atoms with Crippen molar-refractivity contribution < 1.29 is 4.79 Å². The molecule has 0 radical (unpaired) electrons. The molecule has 4 heteroatoms. The van der Waals surface area contributed by atoms with Gasteiger partial charge in [0, 0.05) is 31.7 Å². The Balaban J connectivity index is 1.79. The monoisotopic (exact) mass is 183 g/mol. The SMILES string of the molecule is CCNC(=O)CN1CC2CC1CN2. The number of amides is 1. The topological polar surface area (TPSA) is 44.4 Å². The third-order valence-corrected chi connectivity index (χ3v) is 2.89. The van der Waals surface area contributed by atoms with E-state index in [2.05, 4.69) is 15.5 Å². The molecule has 2 unspecified atom stereocenters. The van der Waals surface area contributed by atoms with Crippen LogP contribution < -0.4 is 10.6 Å². The normalized spacial score (nSPS) is 32.4. The van der Waals surface area contributed by atoms with E-state index in [-0.39, 0.29) is 5.91 Å². The van der Waals surface area contributed by atoms with Crippen LogP contribution in [0.15, 0.2) is 0 Å². The summed E-state index contributed by atoms with van der Waals surface area (Å²) in [6.45, 7) is 5.37. The summed E-state index contributed by atoms with van der Waals surface area (Å²) in [7, 11) is 0. The van der Waals surface area contributed by atoms with Crippen molar-refractivity contribution in [1.29, 1.82) is 0 Å². The molecule has 0 aliphatic carbocycles. The largest absolute Gasteiger partial charge is 0.355 e. The number of hydrogen-bond donors (Lipinski definition) is 2. The first-order valence-electron chi connectivity index (χ1n) is 5.03. The van der Waals surface area contributed by atoms with Crippen molar-refractivity contribution in [1.82, 2.24) is 15.5 Å². The Morgan fingerprint density at radius 3 is 3.08 bits per heavy atom. The van der Waals surface area contributed by atoms with E-state index in [0.717, 1.165) is 19.6 Å². The molecule has 0 aromatic heterocycles. The van der Waals surface area contributed by atoms with E-state index in [0.29, 0.717) is 18.6 Å². The molecule has 1 amide bonds. The Morgan fingerprint density at radius 1 is 1.69 bits per heavy atom. The van der Waals surface area contributed by atoms with E-state index < -0.39 is 0 Å². The van der Waals surface area contributed by atoms with Gasteiger partial charge in [-0.3, -0.25) is 9.69 Å². The lowest BCUT2D eigenvalue weighted by Crippen LogP contribution is -2.47. The van der Waals surface area contributed by atoms with E-state index >= 15 is 0 Å². The number of likely N-dealkylation sites (N-methyl/N-ethyl adjacent to an activating group) is 1. The Kier molecular flexibility index (Phi) is 2.51. The lowest BCUT2D eigenvalue weighted by molar-refractivity contribution is -0.122. The highest BCUT2D eigenvalue weighted by molar-refractivity contribution is 5.78. The van der Waals surface area contributed by atoms with Crippen LogP contribution in [0.1, 0.15) is 13.3 Å². The van der Waals surface area contributed by atoms with E-state index in [9.17, 15) is 4.79 Å². The van der Waals surface area contributed by atoms with E-state index in [1.165, 1.54) is 6.42 Å². The van der Waals surface area contributed by atoms with E-state index in [4.69, 9.17) is 0 Å². The predicted octanol–water partition coefficient (Wildman–Crippen LogP) is -0.831. The van der Waals surface area contributed by atoms with Gasteiger partial charge in [-0.25, -0.2) is 0 Å². The number of rotatable bonds is 3. The Labute approximate surface area is 78.7 Å². The van der Waals surface area contributed by atoms with Crippen LogP contribution in [-0.4, -0.2) is 49.1 Å². The van der Waals surface area contributed by atoms with Gasteiger partial charge in [-0.2, -0.15) is 0 Å². The van der Waals surface area contributed by atoms with Crippen LogP contribution in [-0.2, 0) is 4.79 Å². The lowest BCUT2D eigenvalue weighted by atomic mass is 10.2. The lowest BCUT2D eigenvalue weighted by Gasteiger charge is -2.26. The third kappa shape index (κ3) is 1.84. The Morgan fingerprint density at radius 2 is 2.54 bits per heavy atom. The Bertz CT molecular complexity index is 207. The maximum atomic E-state index is 11.3. The zero-order valence-electron chi connectivity index (χ0n) is 8.05. The molecule has 2 saturated heterocycles. The molecule has 2 heterocycles. The van der Waals surface area contributed by atoms with Crippen molar-refractivity contribution >= 4 is 5.91 Å². The number of fused-ring (bicyclic) bond motifs is 2. The first-order chi connectivity index (χ1) is 6.29. The summed E-state index contributed by atoms with van der Waals surface area (Å²) in [5.41, 5.74) is 0. The van der Waals surface area contributed by atoms with Gasteiger partial charge in [0.1, 0.15) is 0 Å². The summed E-state index contributed by atoms with van der Waals surface area (Å²) >= 11 is 0. The molecule has 2 fully saturated rings. The fourth-order valence-electron chi connectivity index (χ4n) is 2.28. The van der Waals surface area contributed by atoms with Gasteiger partial charge in [0.05, 0.1) is 6.54 Å². The number of nitrogens with one attached hydrogen (secondary N) is 2. The molecule has 2 aliphatic rings. The van der Waals surface area contributed by atoms with Crippen molar-refractivity contribution in [3.63, 3.8) is 0 Å². The molecular formula is C9H17N3O. The van der Waals surface area contributed by atoms with Gasteiger partial charge in [-0.15, -0.1) is 0 Å². The predicted molar refractivity (Wildman–Crippen MR) is 50.5 cm³/mol. The molecule has 2 atom stereocenters. The first kappa shape index (κ1) is 8.97. The first-order valence-corrected chi connectivity index (χ1v) is 5.03. The van der Waals surface area contributed by atoms with E-state index in [1.807, 2.05) is 6.92 Å². The van der Waals surface area contributed by atoms with Crippen LogP contribution in [0.3, 0.4) is 0 Å². The highest BCUT2D eigenvalue weighted by atomic mass is 16.2. The number of carbonyl (C=O) groups is 1. The Hall–Kier alpha value is -0.610. The van der Waals surface area contributed by atoms with Gasteiger partial charge in [0.25, 0.3) is 0 Å². The van der Waals surface area contributed by atoms with Crippen molar-refractivity contribution in [2.24, 2.45) is 0 Å². The summed E-state index contributed by atoms with van der Waals surface area (Å²) in [4.78, 5) is 13.6. The second-order valence-corrected chi connectivity index (χ2v) is 3.88. The molecule has 74 valence electrons. The number of nitrogens with zero attached hydrogens (tertiary/aromatic N) is 1. The van der Waals surface area contributed by atoms with Gasteiger partial charge in [0.15, 0.2) is 0 Å². The molecule has 0 spiro atoms. The minimum Gasteiger partial charge on any atom is -0.355 e. The second-order valence-electron chi connectivity index (χ2n) is 3.88. The highest BCUT2D eigenvalue weighted by Crippen LogP contribution is 2.22. The van der Waals surface area contributed by atoms with Crippen molar-refractivity contribution in [3.8, 4) is 0 Å². The zero-order valence-corrected chi connectivity index (χ0v) is 8.05. The standard InChI is InChI=1S/C9H17N3O/c1-2-10-9(13)6-12-5-7-3-8(12)4-11-7/h7-8,11H,2-6H2,1H3,(H,10,13). The van der Waals surface area contributed by atoms with Crippen LogP contribution in [0.5, 0.6) is 0 Å². The smallest absolute Gasteiger partial charge is 0.234 e. The van der Waals surface area contributed by atoms with Gasteiger partial charge in [-0.05, 0) is 13.3 Å². The number of likely N-dealkylation sites (tertiary alicyclic amines) is 1. The van der Waals surface area contributed by atoms with Gasteiger partial charge >= 0.3 is 0 Å². The molecule has 0 aromatic carbocycles. The van der Waals surface area contributed by atoms with Crippen molar-refractivity contribution in [2.45, 2.75) is 25.4 Å². The summed E-state index contributed by atoms with van der Waals surface area (Å²) in [5.74, 6) is 0.162. The number of carbonyl (C=O) groups excluding carboxylic acids is 1. The summed E-state index contributed by atoms with van der Waals surface area (Å²) in [5, 5.41) is 6.25. The fourth-order valence-corrected chi connectivity index (χ4v) is 2.28. The number of piperazine rings is 1. The molecule has 0 aromatic rings. The number of hydrogen-bond acceptors (Lipinski definition) is 3. The van der Waals surface area contributed by atoms with Crippen LogP contribution in [0.2, 0.25) is 0 Å². The van der Waals surface area contributed by atoms with Crippen LogP contribution in [0.4, 0.5) is 0 Å². The summed E-state index contributed by atoms with van der Waals surface area (Å²) < 4.78 is 0. The molecule has 2 bridgehead atoms. The molecule has 4 nitrogen and oxygen atoms in total. The maximum absolute atomic E-state index is 11.3. The van der Waals surface area contributed by atoms with Crippen LogP contribution >= 0.6 is 0 Å². The average molecular weight is 183 g/mol.